The van der Waals surface area contributed by atoms with Crippen LogP contribution in [0.4, 0.5) is 0 Å². The summed E-state index contributed by atoms with van der Waals surface area (Å²) in [5.41, 5.74) is 1.96. The molecule has 0 spiro atoms. The summed E-state index contributed by atoms with van der Waals surface area (Å²) in [4.78, 5) is 2.23. The standard InChI is InChI=1S/C22H27Cl2NO3/c1-15-11-25(12-16(2)28-15)13-21(26)14-27-22(17-3-7-19(23)8-4-17)18-5-9-20(24)10-6-18/h3-10,15-16,21-22,26H,11-14H2,1-2H3/t15-,16+,21-/m1/s1. The van der Waals surface area contributed by atoms with Gasteiger partial charge in [-0.05, 0) is 49.2 Å². The number of aliphatic hydroxyl groups is 1. The second kappa shape index (κ2) is 10.1. The number of halogens is 2. The van der Waals surface area contributed by atoms with Crippen LogP contribution in [0.25, 0.3) is 0 Å². The van der Waals surface area contributed by atoms with E-state index in [0.717, 1.165) is 24.2 Å². The number of hydrogen-bond donors (Lipinski definition) is 1. The molecule has 1 aliphatic heterocycles. The number of morpholine rings is 1. The summed E-state index contributed by atoms with van der Waals surface area (Å²) in [5, 5.41) is 11.9. The minimum absolute atomic E-state index is 0.174. The fraction of sp³-hybridized carbons (Fsp3) is 0.455. The Balaban J connectivity index is 1.65. The molecule has 1 fully saturated rings. The van der Waals surface area contributed by atoms with Crippen molar-refractivity contribution in [2.75, 3.05) is 26.2 Å². The maximum absolute atomic E-state index is 10.6. The molecule has 0 aromatic heterocycles. The number of benzene rings is 2. The fourth-order valence-corrected chi connectivity index (χ4v) is 3.90. The van der Waals surface area contributed by atoms with Gasteiger partial charge in [0.15, 0.2) is 0 Å². The minimum atomic E-state index is -0.584. The largest absolute Gasteiger partial charge is 0.389 e. The highest BCUT2D eigenvalue weighted by molar-refractivity contribution is 6.30. The Morgan fingerprint density at radius 2 is 1.43 bits per heavy atom. The molecule has 1 N–H and O–H groups in total. The number of rotatable bonds is 7. The van der Waals surface area contributed by atoms with E-state index < -0.39 is 6.10 Å². The summed E-state index contributed by atoms with van der Waals surface area (Å²) in [6.45, 7) is 6.55. The average Bonchev–Trinajstić information content (AvgIpc) is 2.64. The van der Waals surface area contributed by atoms with Crippen LogP contribution in [-0.4, -0.2) is 54.6 Å². The molecule has 1 saturated heterocycles. The van der Waals surface area contributed by atoms with Gasteiger partial charge in [0, 0.05) is 29.7 Å². The van der Waals surface area contributed by atoms with Crippen molar-refractivity contribution >= 4 is 23.2 Å². The number of hydrogen-bond acceptors (Lipinski definition) is 4. The second-order valence-corrected chi connectivity index (χ2v) is 8.32. The average molecular weight is 424 g/mol. The van der Waals surface area contributed by atoms with Crippen molar-refractivity contribution in [1.82, 2.24) is 4.90 Å². The Labute approximate surface area is 177 Å². The van der Waals surface area contributed by atoms with Crippen LogP contribution < -0.4 is 0 Å². The van der Waals surface area contributed by atoms with Gasteiger partial charge in [-0.1, -0.05) is 47.5 Å². The zero-order valence-corrected chi connectivity index (χ0v) is 17.7. The molecular formula is C22H27Cl2NO3. The maximum atomic E-state index is 10.6. The normalized spacial score (nSPS) is 21.8. The van der Waals surface area contributed by atoms with Gasteiger partial charge < -0.3 is 14.6 Å². The number of nitrogens with zero attached hydrogens (tertiary/aromatic N) is 1. The van der Waals surface area contributed by atoms with Crippen LogP contribution in [0.5, 0.6) is 0 Å². The summed E-state index contributed by atoms with van der Waals surface area (Å²) in [6, 6.07) is 15.1. The predicted molar refractivity (Wildman–Crippen MR) is 113 cm³/mol. The summed E-state index contributed by atoms with van der Waals surface area (Å²) in [6.07, 6.45) is -0.535. The van der Waals surface area contributed by atoms with Crippen LogP contribution in [-0.2, 0) is 9.47 Å². The molecule has 1 aliphatic rings. The van der Waals surface area contributed by atoms with Crippen LogP contribution in [0, 0.1) is 0 Å². The van der Waals surface area contributed by atoms with Crippen molar-refractivity contribution in [1.29, 1.82) is 0 Å². The van der Waals surface area contributed by atoms with Crippen LogP contribution in [0.3, 0.4) is 0 Å². The molecule has 152 valence electrons. The third-order valence-corrected chi connectivity index (χ3v) is 5.27. The highest BCUT2D eigenvalue weighted by Gasteiger charge is 2.24. The number of aliphatic hydroxyl groups excluding tert-OH is 1. The van der Waals surface area contributed by atoms with E-state index in [4.69, 9.17) is 32.7 Å². The molecule has 1 heterocycles. The monoisotopic (exact) mass is 423 g/mol. The van der Waals surface area contributed by atoms with Crippen LogP contribution >= 0.6 is 23.2 Å². The van der Waals surface area contributed by atoms with Gasteiger partial charge >= 0.3 is 0 Å². The molecular weight excluding hydrogens is 397 g/mol. The first-order valence-corrected chi connectivity index (χ1v) is 10.3. The Hall–Kier alpha value is -1.14. The minimum Gasteiger partial charge on any atom is -0.389 e. The summed E-state index contributed by atoms with van der Waals surface area (Å²) in [7, 11) is 0. The number of β-amino-alcohol motifs (C(OH)–C–C–N with tert-alkyl or cyclic N) is 1. The molecule has 0 aliphatic carbocycles. The van der Waals surface area contributed by atoms with Gasteiger partial charge in [0.1, 0.15) is 6.10 Å². The molecule has 6 heteroatoms. The van der Waals surface area contributed by atoms with Gasteiger partial charge in [0.25, 0.3) is 0 Å². The highest BCUT2D eigenvalue weighted by Crippen LogP contribution is 2.28. The lowest BCUT2D eigenvalue weighted by Gasteiger charge is -2.36. The first-order chi connectivity index (χ1) is 13.4. The molecule has 28 heavy (non-hydrogen) atoms. The SMILES string of the molecule is C[C@@H]1CN(C[C@@H](O)COC(c2ccc(Cl)cc2)c2ccc(Cl)cc2)C[C@H](C)O1. The Morgan fingerprint density at radius 3 is 1.89 bits per heavy atom. The molecule has 3 atom stereocenters. The molecule has 3 rings (SSSR count). The highest BCUT2D eigenvalue weighted by atomic mass is 35.5. The zero-order valence-electron chi connectivity index (χ0n) is 16.2. The first kappa shape index (κ1) is 21.6. The van der Waals surface area contributed by atoms with E-state index in [1.165, 1.54) is 0 Å². The van der Waals surface area contributed by atoms with Gasteiger partial charge in [-0.15, -0.1) is 0 Å². The summed E-state index contributed by atoms with van der Waals surface area (Å²) >= 11 is 12.1. The van der Waals surface area contributed by atoms with Gasteiger partial charge in [0.05, 0.1) is 24.9 Å². The second-order valence-electron chi connectivity index (χ2n) is 7.45. The predicted octanol–water partition coefficient (Wildman–Crippen LogP) is 4.57. The Bertz CT molecular complexity index is 683. The van der Waals surface area contributed by atoms with E-state index in [2.05, 4.69) is 18.7 Å². The lowest BCUT2D eigenvalue weighted by atomic mass is 10.0. The van der Waals surface area contributed by atoms with E-state index in [1.807, 2.05) is 48.5 Å². The molecule has 0 amide bonds. The van der Waals surface area contributed by atoms with Crippen LogP contribution in [0.2, 0.25) is 10.0 Å². The Kier molecular flexibility index (Phi) is 7.75. The third-order valence-electron chi connectivity index (χ3n) is 4.76. The molecule has 4 nitrogen and oxygen atoms in total. The van der Waals surface area contributed by atoms with E-state index in [-0.39, 0.29) is 24.9 Å². The van der Waals surface area contributed by atoms with Gasteiger partial charge in [-0.2, -0.15) is 0 Å². The van der Waals surface area contributed by atoms with Crippen LogP contribution in [0.15, 0.2) is 48.5 Å². The fourth-order valence-electron chi connectivity index (χ4n) is 3.65. The maximum Gasteiger partial charge on any atom is 0.108 e. The lowest BCUT2D eigenvalue weighted by Crippen LogP contribution is -2.48. The van der Waals surface area contributed by atoms with E-state index in [1.54, 1.807) is 0 Å². The zero-order chi connectivity index (χ0) is 20.1. The molecule has 0 bridgehead atoms. The quantitative estimate of drug-likeness (QED) is 0.707. The van der Waals surface area contributed by atoms with Crippen molar-refractivity contribution in [2.45, 2.75) is 38.3 Å². The van der Waals surface area contributed by atoms with Gasteiger partial charge in [-0.25, -0.2) is 0 Å². The van der Waals surface area contributed by atoms with Crippen molar-refractivity contribution in [2.24, 2.45) is 0 Å². The van der Waals surface area contributed by atoms with Gasteiger partial charge in [-0.3, -0.25) is 4.90 Å². The smallest absolute Gasteiger partial charge is 0.108 e. The molecule has 0 unspecified atom stereocenters. The molecule has 2 aromatic rings. The van der Waals surface area contributed by atoms with E-state index >= 15 is 0 Å². The van der Waals surface area contributed by atoms with E-state index in [9.17, 15) is 5.11 Å². The first-order valence-electron chi connectivity index (χ1n) is 9.59. The van der Waals surface area contributed by atoms with Gasteiger partial charge in [0.2, 0.25) is 0 Å². The molecule has 0 radical (unpaired) electrons. The van der Waals surface area contributed by atoms with Crippen molar-refractivity contribution in [3.63, 3.8) is 0 Å². The number of ether oxygens (including phenoxy) is 2. The Morgan fingerprint density at radius 1 is 0.964 bits per heavy atom. The molecule has 2 aromatic carbocycles. The van der Waals surface area contributed by atoms with Crippen molar-refractivity contribution in [3.8, 4) is 0 Å². The third kappa shape index (κ3) is 6.18. The van der Waals surface area contributed by atoms with Crippen molar-refractivity contribution < 1.29 is 14.6 Å². The summed E-state index contributed by atoms with van der Waals surface area (Å²) < 4.78 is 11.9. The van der Waals surface area contributed by atoms with Crippen LogP contribution in [0.1, 0.15) is 31.1 Å². The topological polar surface area (TPSA) is 41.9 Å². The van der Waals surface area contributed by atoms with E-state index in [0.29, 0.717) is 16.6 Å². The summed E-state index contributed by atoms with van der Waals surface area (Å²) in [5.74, 6) is 0. The molecule has 0 saturated carbocycles. The van der Waals surface area contributed by atoms with Crippen molar-refractivity contribution in [3.05, 3.63) is 69.7 Å². The lowest BCUT2D eigenvalue weighted by molar-refractivity contribution is -0.0843.